The van der Waals surface area contributed by atoms with E-state index in [0.717, 1.165) is 28.8 Å². The molecule has 0 N–H and O–H groups in total. The van der Waals surface area contributed by atoms with Gasteiger partial charge >= 0.3 is 0 Å². The minimum Gasteiger partial charge on any atom is -0.302 e. The highest BCUT2D eigenvalue weighted by molar-refractivity contribution is 6.04. The Labute approximate surface area is 135 Å². The van der Waals surface area contributed by atoms with Crippen molar-refractivity contribution in [3.8, 4) is 0 Å². The van der Waals surface area contributed by atoms with Crippen LogP contribution in [0.15, 0.2) is 48.5 Å². The zero-order valence-corrected chi connectivity index (χ0v) is 13.3. The molecule has 0 aromatic heterocycles. The van der Waals surface area contributed by atoms with Crippen LogP contribution >= 0.6 is 0 Å². The van der Waals surface area contributed by atoms with Gasteiger partial charge in [0.1, 0.15) is 5.82 Å². The molecule has 0 spiro atoms. The van der Waals surface area contributed by atoms with Crippen molar-refractivity contribution >= 4 is 17.2 Å². The van der Waals surface area contributed by atoms with Gasteiger partial charge in [0.25, 0.3) is 0 Å². The van der Waals surface area contributed by atoms with E-state index in [1.165, 1.54) is 17.7 Å². The normalized spacial score (nSPS) is 22.7. The van der Waals surface area contributed by atoms with Gasteiger partial charge in [-0.05, 0) is 49.6 Å². The molecule has 1 atom stereocenters. The number of aryl methyl sites for hydroxylation is 1. The molecule has 2 aromatic rings. The molecule has 116 valence electrons. The van der Waals surface area contributed by atoms with Crippen LogP contribution in [0.5, 0.6) is 0 Å². The van der Waals surface area contributed by atoms with Crippen LogP contribution in [0.1, 0.15) is 36.5 Å². The smallest absolute Gasteiger partial charge is 0.227 e. The Kier molecular flexibility index (Phi) is 2.95. The summed E-state index contributed by atoms with van der Waals surface area (Å²) in [6.45, 7) is 4.13. The van der Waals surface area contributed by atoms with E-state index < -0.39 is 0 Å². The second-order valence-electron chi connectivity index (χ2n) is 6.67. The van der Waals surface area contributed by atoms with Crippen molar-refractivity contribution in [1.29, 1.82) is 0 Å². The summed E-state index contributed by atoms with van der Waals surface area (Å²) >= 11 is 0. The van der Waals surface area contributed by atoms with Gasteiger partial charge in [0.15, 0.2) is 0 Å². The number of carbonyl (C=O) groups excluding carboxylic acids is 1. The lowest BCUT2D eigenvalue weighted by molar-refractivity contribution is -0.117. The maximum absolute atomic E-state index is 13.9. The Hall–Kier alpha value is -2.42. The molecular weight excluding hydrogens is 289 g/mol. The SMILES string of the molecule is Cc1ccc(C2=CC3(C)CCC(=O)N3c3ccc(F)cc32)cc1. The summed E-state index contributed by atoms with van der Waals surface area (Å²) in [5.74, 6) is -0.170. The van der Waals surface area contributed by atoms with E-state index in [1.807, 2.05) is 11.8 Å². The number of hydrogen-bond donors (Lipinski definition) is 0. The number of amides is 1. The monoisotopic (exact) mass is 307 g/mol. The Bertz CT molecular complexity index is 837. The second kappa shape index (κ2) is 4.79. The summed E-state index contributed by atoms with van der Waals surface area (Å²) in [6.07, 6.45) is 3.45. The first-order valence-corrected chi connectivity index (χ1v) is 7.91. The van der Waals surface area contributed by atoms with Gasteiger partial charge in [-0.3, -0.25) is 4.79 Å². The third-order valence-corrected chi connectivity index (χ3v) is 4.91. The van der Waals surface area contributed by atoms with Crippen LogP contribution in [0.3, 0.4) is 0 Å². The molecule has 1 fully saturated rings. The van der Waals surface area contributed by atoms with Crippen LogP contribution in [-0.2, 0) is 4.79 Å². The highest BCUT2D eigenvalue weighted by atomic mass is 19.1. The van der Waals surface area contributed by atoms with Crippen LogP contribution in [0.4, 0.5) is 10.1 Å². The highest BCUT2D eigenvalue weighted by Gasteiger charge is 2.44. The average Bonchev–Trinajstić information content (AvgIpc) is 2.83. The van der Waals surface area contributed by atoms with E-state index in [-0.39, 0.29) is 17.3 Å². The van der Waals surface area contributed by atoms with Crippen molar-refractivity contribution in [3.63, 3.8) is 0 Å². The maximum Gasteiger partial charge on any atom is 0.227 e. The molecule has 2 aliphatic rings. The Morgan fingerprint density at radius 2 is 1.87 bits per heavy atom. The fourth-order valence-electron chi connectivity index (χ4n) is 3.69. The Balaban J connectivity index is 1.97. The van der Waals surface area contributed by atoms with Crippen molar-refractivity contribution in [2.45, 2.75) is 32.2 Å². The Morgan fingerprint density at radius 3 is 2.61 bits per heavy atom. The molecule has 2 heterocycles. The number of anilines is 1. The van der Waals surface area contributed by atoms with Gasteiger partial charge in [-0.1, -0.05) is 35.9 Å². The summed E-state index contributed by atoms with van der Waals surface area (Å²) in [6, 6.07) is 12.9. The second-order valence-corrected chi connectivity index (χ2v) is 6.67. The van der Waals surface area contributed by atoms with Crippen molar-refractivity contribution in [2.24, 2.45) is 0 Å². The first-order chi connectivity index (χ1) is 11.0. The molecular formula is C20H18FNO. The lowest BCUT2D eigenvalue weighted by Crippen LogP contribution is -2.44. The third kappa shape index (κ3) is 2.11. The van der Waals surface area contributed by atoms with E-state index in [0.29, 0.717) is 6.42 Å². The molecule has 2 nitrogen and oxygen atoms in total. The molecule has 4 rings (SSSR count). The van der Waals surface area contributed by atoms with Gasteiger partial charge in [-0.25, -0.2) is 4.39 Å². The summed E-state index contributed by atoms with van der Waals surface area (Å²) in [7, 11) is 0. The minimum absolute atomic E-state index is 0.111. The van der Waals surface area contributed by atoms with Crippen molar-refractivity contribution < 1.29 is 9.18 Å². The first kappa shape index (κ1) is 14.2. The predicted molar refractivity (Wildman–Crippen MR) is 89.8 cm³/mol. The standard InChI is InChI=1S/C20H18FNO/c1-13-3-5-14(6-4-13)17-12-20(2)10-9-19(23)22(20)18-8-7-15(21)11-16(17)18/h3-8,11-12H,9-10H2,1-2H3. The van der Waals surface area contributed by atoms with Gasteiger partial charge in [0.2, 0.25) is 5.91 Å². The van der Waals surface area contributed by atoms with Crippen LogP contribution < -0.4 is 4.90 Å². The summed E-state index contributed by atoms with van der Waals surface area (Å²) in [4.78, 5) is 14.2. The molecule has 2 aromatic carbocycles. The Morgan fingerprint density at radius 1 is 1.13 bits per heavy atom. The van der Waals surface area contributed by atoms with Crippen LogP contribution in [-0.4, -0.2) is 11.4 Å². The van der Waals surface area contributed by atoms with Crippen molar-refractivity contribution in [3.05, 3.63) is 71.0 Å². The van der Waals surface area contributed by atoms with Gasteiger partial charge in [0.05, 0.1) is 11.2 Å². The van der Waals surface area contributed by atoms with Gasteiger partial charge in [-0.15, -0.1) is 0 Å². The number of nitrogens with zero attached hydrogens (tertiary/aromatic N) is 1. The molecule has 0 radical (unpaired) electrons. The number of fused-ring (bicyclic) bond motifs is 3. The number of halogens is 1. The fourth-order valence-corrected chi connectivity index (χ4v) is 3.69. The van der Waals surface area contributed by atoms with Crippen LogP contribution in [0.25, 0.3) is 5.57 Å². The molecule has 1 saturated heterocycles. The molecule has 3 heteroatoms. The number of carbonyl (C=O) groups is 1. The molecule has 1 unspecified atom stereocenters. The van der Waals surface area contributed by atoms with E-state index in [1.54, 1.807) is 6.07 Å². The topological polar surface area (TPSA) is 20.3 Å². The molecule has 0 aliphatic carbocycles. The number of rotatable bonds is 1. The average molecular weight is 307 g/mol. The number of benzene rings is 2. The minimum atomic E-state index is -0.331. The molecule has 23 heavy (non-hydrogen) atoms. The predicted octanol–water partition coefficient (Wildman–Crippen LogP) is 4.46. The maximum atomic E-state index is 13.9. The van der Waals surface area contributed by atoms with Gasteiger partial charge in [-0.2, -0.15) is 0 Å². The first-order valence-electron chi connectivity index (χ1n) is 7.91. The van der Waals surface area contributed by atoms with E-state index in [9.17, 15) is 9.18 Å². The van der Waals surface area contributed by atoms with E-state index in [2.05, 4.69) is 37.3 Å². The van der Waals surface area contributed by atoms with Gasteiger partial charge < -0.3 is 4.90 Å². The molecule has 2 aliphatic heterocycles. The van der Waals surface area contributed by atoms with E-state index >= 15 is 0 Å². The zero-order valence-electron chi connectivity index (χ0n) is 13.3. The lowest BCUT2D eigenvalue weighted by atomic mass is 9.84. The summed E-state index contributed by atoms with van der Waals surface area (Å²) in [5, 5.41) is 0. The van der Waals surface area contributed by atoms with E-state index in [4.69, 9.17) is 0 Å². The molecule has 1 amide bonds. The quantitative estimate of drug-likeness (QED) is 0.761. The third-order valence-electron chi connectivity index (χ3n) is 4.91. The summed E-state index contributed by atoms with van der Waals surface area (Å²) < 4.78 is 13.9. The zero-order chi connectivity index (χ0) is 16.2. The summed E-state index contributed by atoms with van der Waals surface area (Å²) in [5.41, 5.74) is 4.53. The number of hydrogen-bond acceptors (Lipinski definition) is 1. The van der Waals surface area contributed by atoms with Crippen LogP contribution in [0.2, 0.25) is 0 Å². The molecule has 0 saturated carbocycles. The highest BCUT2D eigenvalue weighted by Crippen LogP contribution is 2.46. The lowest BCUT2D eigenvalue weighted by Gasteiger charge is -2.39. The molecule has 0 bridgehead atoms. The fraction of sp³-hybridized carbons (Fsp3) is 0.250. The largest absolute Gasteiger partial charge is 0.302 e. The van der Waals surface area contributed by atoms with Crippen molar-refractivity contribution in [2.75, 3.05) is 4.90 Å². The van der Waals surface area contributed by atoms with Crippen LogP contribution in [0, 0.1) is 12.7 Å². The van der Waals surface area contributed by atoms with Gasteiger partial charge in [0, 0.05) is 12.0 Å². The van der Waals surface area contributed by atoms with Crippen molar-refractivity contribution in [1.82, 2.24) is 0 Å².